The van der Waals surface area contributed by atoms with Gasteiger partial charge < -0.3 is 9.64 Å². The Morgan fingerprint density at radius 2 is 1.95 bits per heavy atom. The molecule has 1 aliphatic rings. The van der Waals surface area contributed by atoms with E-state index in [-0.39, 0.29) is 18.2 Å². The molecule has 1 aromatic rings. The van der Waals surface area contributed by atoms with E-state index in [1.54, 1.807) is 4.90 Å². The number of hydrogen-bond donors (Lipinski definition) is 1. The van der Waals surface area contributed by atoms with Gasteiger partial charge in [0.1, 0.15) is 5.82 Å². The molecule has 0 aromatic carbocycles. The lowest BCUT2D eigenvalue weighted by Crippen LogP contribution is -2.49. The summed E-state index contributed by atoms with van der Waals surface area (Å²) >= 11 is 0. The van der Waals surface area contributed by atoms with Gasteiger partial charge in [0.2, 0.25) is 0 Å². The number of nitrogens with one attached hydrogen (secondary N) is 1. The monoisotopic (exact) mass is 263 g/mol. The number of carbonyl (C=O) groups excluding carboxylic acids is 1. The van der Waals surface area contributed by atoms with Crippen molar-refractivity contribution >= 4 is 11.8 Å². The number of carbonyl (C=O) groups is 1. The predicted molar refractivity (Wildman–Crippen MR) is 74.3 cm³/mol. The molecule has 5 heteroatoms. The fourth-order valence-electron chi connectivity index (χ4n) is 2.44. The van der Waals surface area contributed by atoms with Crippen LogP contribution in [0.1, 0.15) is 25.1 Å². The highest BCUT2D eigenvalue weighted by Crippen LogP contribution is 2.14. The maximum atomic E-state index is 12.2. The maximum absolute atomic E-state index is 12.2. The molecular formula is C14H21N3O2. The van der Waals surface area contributed by atoms with Crippen LogP contribution in [0.3, 0.4) is 0 Å². The van der Waals surface area contributed by atoms with E-state index in [1.807, 2.05) is 39.8 Å². The average Bonchev–Trinajstić information content (AvgIpc) is 2.25. The second-order valence-electron chi connectivity index (χ2n) is 5.26. The van der Waals surface area contributed by atoms with Gasteiger partial charge >= 0.3 is 6.03 Å². The molecule has 0 radical (unpaired) electrons. The zero-order valence-corrected chi connectivity index (χ0v) is 11.9. The number of aryl methyl sites for hydroxylation is 2. The van der Waals surface area contributed by atoms with Gasteiger partial charge in [0.15, 0.2) is 0 Å². The highest BCUT2D eigenvalue weighted by atomic mass is 16.5. The number of aromatic nitrogens is 1. The Labute approximate surface area is 114 Å². The number of amides is 2. The summed E-state index contributed by atoms with van der Waals surface area (Å²) in [6, 6.07) is 3.74. The van der Waals surface area contributed by atoms with E-state index in [9.17, 15) is 4.79 Å². The highest BCUT2D eigenvalue weighted by Gasteiger charge is 2.26. The molecule has 1 N–H and O–H groups in total. The van der Waals surface area contributed by atoms with Crippen molar-refractivity contribution in [1.29, 1.82) is 0 Å². The van der Waals surface area contributed by atoms with Crippen LogP contribution < -0.4 is 5.32 Å². The van der Waals surface area contributed by atoms with Crippen LogP contribution in [0.15, 0.2) is 12.1 Å². The lowest BCUT2D eigenvalue weighted by atomic mass is 10.2. The second kappa shape index (κ2) is 5.57. The van der Waals surface area contributed by atoms with Crippen LogP contribution in [0, 0.1) is 13.8 Å². The molecule has 104 valence electrons. The first-order valence-corrected chi connectivity index (χ1v) is 6.60. The quantitative estimate of drug-likeness (QED) is 0.846. The molecule has 2 rings (SSSR count). The van der Waals surface area contributed by atoms with E-state index in [4.69, 9.17) is 4.74 Å². The van der Waals surface area contributed by atoms with Crippen LogP contribution in [0.2, 0.25) is 0 Å². The van der Waals surface area contributed by atoms with Crippen molar-refractivity contribution in [2.75, 3.05) is 18.4 Å². The van der Waals surface area contributed by atoms with E-state index < -0.39 is 0 Å². The number of nitrogens with zero attached hydrogens (tertiary/aromatic N) is 2. The van der Waals surface area contributed by atoms with Gasteiger partial charge in [0.25, 0.3) is 0 Å². The summed E-state index contributed by atoms with van der Waals surface area (Å²) in [5.74, 6) is 0.606. The number of urea groups is 1. The minimum Gasteiger partial charge on any atom is -0.372 e. The van der Waals surface area contributed by atoms with Gasteiger partial charge in [-0.05, 0) is 45.4 Å². The Balaban J connectivity index is 2.04. The van der Waals surface area contributed by atoms with Gasteiger partial charge in [0, 0.05) is 18.8 Å². The van der Waals surface area contributed by atoms with E-state index in [0.29, 0.717) is 18.9 Å². The molecule has 2 heterocycles. The smallest absolute Gasteiger partial charge is 0.323 e. The standard InChI is InChI=1S/C14H21N3O2/c1-9-5-10(2)15-13(6-9)16-14(18)17-7-11(3)19-12(4)8-17/h5-6,11-12H,7-8H2,1-4H3,(H,15,16,18)/t11-,12-/m0/s1. The molecule has 1 aliphatic heterocycles. The Hall–Kier alpha value is -1.62. The molecule has 1 saturated heterocycles. The van der Waals surface area contributed by atoms with Crippen molar-refractivity contribution in [3.8, 4) is 0 Å². The van der Waals surface area contributed by atoms with Gasteiger partial charge in [-0.3, -0.25) is 5.32 Å². The van der Waals surface area contributed by atoms with E-state index in [1.165, 1.54) is 0 Å². The molecule has 0 spiro atoms. The average molecular weight is 263 g/mol. The Morgan fingerprint density at radius 1 is 1.32 bits per heavy atom. The minimum atomic E-state index is -0.112. The molecular weight excluding hydrogens is 242 g/mol. The molecule has 1 fully saturated rings. The van der Waals surface area contributed by atoms with Crippen molar-refractivity contribution in [2.45, 2.75) is 39.9 Å². The lowest BCUT2D eigenvalue weighted by Gasteiger charge is -2.35. The summed E-state index contributed by atoms with van der Waals surface area (Å²) in [4.78, 5) is 18.3. The number of hydrogen-bond acceptors (Lipinski definition) is 3. The van der Waals surface area contributed by atoms with Gasteiger partial charge in [0.05, 0.1) is 12.2 Å². The summed E-state index contributed by atoms with van der Waals surface area (Å²) in [5.41, 5.74) is 1.99. The molecule has 2 amide bonds. The van der Waals surface area contributed by atoms with Crippen molar-refractivity contribution in [2.24, 2.45) is 0 Å². The van der Waals surface area contributed by atoms with E-state index >= 15 is 0 Å². The number of anilines is 1. The highest BCUT2D eigenvalue weighted by molar-refractivity contribution is 5.88. The maximum Gasteiger partial charge on any atom is 0.323 e. The van der Waals surface area contributed by atoms with Crippen LogP contribution >= 0.6 is 0 Å². The molecule has 0 saturated carbocycles. The van der Waals surface area contributed by atoms with Crippen LogP contribution in [0.4, 0.5) is 10.6 Å². The third kappa shape index (κ3) is 3.67. The first-order valence-electron chi connectivity index (χ1n) is 6.60. The summed E-state index contributed by atoms with van der Waals surface area (Å²) < 4.78 is 5.62. The summed E-state index contributed by atoms with van der Waals surface area (Å²) in [5, 5.41) is 2.85. The zero-order chi connectivity index (χ0) is 14.0. The number of morpholine rings is 1. The molecule has 0 unspecified atom stereocenters. The number of rotatable bonds is 1. The van der Waals surface area contributed by atoms with Crippen molar-refractivity contribution in [3.05, 3.63) is 23.4 Å². The molecule has 5 nitrogen and oxygen atoms in total. The molecule has 0 bridgehead atoms. The zero-order valence-electron chi connectivity index (χ0n) is 11.9. The van der Waals surface area contributed by atoms with Crippen molar-refractivity contribution < 1.29 is 9.53 Å². The topological polar surface area (TPSA) is 54.5 Å². The van der Waals surface area contributed by atoms with Gasteiger partial charge in [-0.2, -0.15) is 0 Å². The Morgan fingerprint density at radius 3 is 2.53 bits per heavy atom. The van der Waals surface area contributed by atoms with Crippen molar-refractivity contribution in [3.63, 3.8) is 0 Å². The molecule has 19 heavy (non-hydrogen) atoms. The van der Waals surface area contributed by atoms with Gasteiger partial charge in [-0.25, -0.2) is 9.78 Å². The number of pyridine rings is 1. The fourth-order valence-corrected chi connectivity index (χ4v) is 2.44. The normalized spacial score (nSPS) is 23.3. The second-order valence-corrected chi connectivity index (χ2v) is 5.26. The predicted octanol–water partition coefficient (Wildman–Crippen LogP) is 2.34. The van der Waals surface area contributed by atoms with Crippen molar-refractivity contribution in [1.82, 2.24) is 9.88 Å². The minimum absolute atomic E-state index is 0.0710. The van der Waals surface area contributed by atoms with E-state index in [0.717, 1.165) is 11.3 Å². The summed E-state index contributed by atoms with van der Waals surface area (Å²) in [6.45, 7) is 9.09. The van der Waals surface area contributed by atoms with Crippen LogP contribution in [0.5, 0.6) is 0 Å². The van der Waals surface area contributed by atoms with Gasteiger partial charge in [-0.15, -0.1) is 0 Å². The Bertz CT molecular complexity index is 446. The summed E-state index contributed by atoms with van der Waals surface area (Å²) in [6.07, 6.45) is 0.142. The first kappa shape index (κ1) is 13.8. The first-order chi connectivity index (χ1) is 8.94. The molecule has 2 atom stereocenters. The van der Waals surface area contributed by atoms with Gasteiger partial charge in [-0.1, -0.05) is 0 Å². The SMILES string of the molecule is Cc1cc(C)nc(NC(=O)N2C[C@H](C)O[C@@H](C)C2)c1. The summed E-state index contributed by atoms with van der Waals surface area (Å²) in [7, 11) is 0. The molecule has 1 aromatic heterocycles. The fraction of sp³-hybridized carbons (Fsp3) is 0.571. The largest absolute Gasteiger partial charge is 0.372 e. The lowest BCUT2D eigenvalue weighted by molar-refractivity contribution is -0.0530. The van der Waals surface area contributed by atoms with Crippen LogP contribution in [-0.2, 0) is 4.74 Å². The number of ether oxygens (including phenoxy) is 1. The third-order valence-electron chi connectivity index (χ3n) is 3.04. The van der Waals surface area contributed by atoms with E-state index in [2.05, 4.69) is 10.3 Å². The third-order valence-corrected chi connectivity index (χ3v) is 3.04. The Kier molecular flexibility index (Phi) is 4.04. The van der Waals surface area contributed by atoms with Crippen LogP contribution in [-0.4, -0.2) is 41.2 Å². The molecule has 0 aliphatic carbocycles. The van der Waals surface area contributed by atoms with Crippen LogP contribution in [0.25, 0.3) is 0 Å².